The number of alkyl halides is 3. The number of hydrogen-bond donors (Lipinski definition) is 1. The average Bonchev–Trinajstić information content (AvgIpc) is 2.70. The third-order valence-electron chi connectivity index (χ3n) is 4.09. The average molecular weight is 416 g/mol. The number of nitrogens with zero attached hydrogens (tertiary/aromatic N) is 1. The maximum atomic E-state index is 13.2. The molecule has 0 atom stereocenters. The summed E-state index contributed by atoms with van der Waals surface area (Å²) < 4.78 is 50.6. The van der Waals surface area contributed by atoms with Crippen LogP contribution < -0.4 is 14.8 Å². The molecule has 0 radical (unpaired) electrons. The van der Waals surface area contributed by atoms with Gasteiger partial charge in [0.1, 0.15) is 11.5 Å². The fourth-order valence-corrected chi connectivity index (χ4v) is 2.59. The molecule has 1 aromatic heterocycles. The Labute approximate surface area is 171 Å². The summed E-state index contributed by atoms with van der Waals surface area (Å²) in [6.45, 7) is 4.12. The molecule has 0 aliphatic heterocycles. The molecule has 0 bridgehead atoms. The molecular weight excluding hydrogens is 397 g/mol. The number of ether oxygens (including phenoxy) is 2. The van der Waals surface area contributed by atoms with Crippen molar-refractivity contribution in [3.8, 4) is 17.2 Å². The van der Waals surface area contributed by atoms with E-state index in [9.17, 15) is 18.0 Å². The van der Waals surface area contributed by atoms with Crippen LogP contribution in [0.1, 0.15) is 28.5 Å². The van der Waals surface area contributed by atoms with Gasteiger partial charge in [0.15, 0.2) is 5.75 Å². The van der Waals surface area contributed by atoms with Crippen molar-refractivity contribution in [1.29, 1.82) is 0 Å². The van der Waals surface area contributed by atoms with Gasteiger partial charge in [0.2, 0.25) is 0 Å². The lowest BCUT2D eigenvalue weighted by Crippen LogP contribution is -2.14. The van der Waals surface area contributed by atoms with E-state index < -0.39 is 17.6 Å². The number of nitrogens with one attached hydrogen (secondary N) is 1. The van der Waals surface area contributed by atoms with Crippen LogP contribution in [-0.2, 0) is 6.18 Å². The summed E-state index contributed by atoms with van der Waals surface area (Å²) >= 11 is 0. The van der Waals surface area contributed by atoms with E-state index in [0.29, 0.717) is 23.8 Å². The Morgan fingerprint density at radius 3 is 2.33 bits per heavy atom. The Bertz CT molecular complexity index is 1020. The first kappa shape index (κ1) is 21.2. The van der Waals surface area contributed by atoms with Crippen molar-refractivity contribution in [2.75, 3.05) is 11.9 Å². The van der Waals surface area contributed by atoms with E-state index in [0.717, 1.165) is 12.1 Å². The standard InChI is InChI=1S/C22H19F3N2O3/c1-3-29-17-7-9-18(10-8-17)30-20-11-6-16(22(23,24)25)12-19(20)27-21(28)15-5-4-14(2)26-13-15/h4-13H,3H2,1-2H3,(H,27,28). The quantitative estimate of drug-likeness (QED) is 0.547. The van der Waals surface area contributed by atoms with Gasteiger partial charge in [0.05, 0.1) is 23.4 Å². The lowest BCUT2D eigenvalue weighted by atomic mass is 10.1. The summed E-state index contributed by atoms with van der Waals surface area (Å²) in [5.74, 6) is 0.488. The monoisotopic (exact) mass is 416 g/mol. The number of hydrogen-bond acceptors (Lipinski definition) is 4. The van der Waals surface area contributed by atoms with Gasteiger partial charge in [0, 0.05) is 11.9 Å². The first-order valence-corrected chi connectivity index (χ1v) is 9.12. The number of aromatic nitrogens is 1. The second-order valence-electron chi connectivity index (χ2n) is 6.36. The van der Waals surface area contributed by atoms with Gasteiger partial charge in [-0.3, -0.25) is 9.78 Å². The van der Waals surface area contributed by atoms with Crippen molar-refractivity contribution >= 4 is 11.6 Å². The zero-order valence-electron chi connectivity index (χ0n) is 16.3. The van der Waals surface area contributed by atoms with Crippen molar-refractivity contribution in [1.82, 2.24) is 4.98 Å². The number of benzene rings is 2. The zero-order valence-corrected chi connectivity index (χ0v) is 16.3. The number of carbonyl (C=O) groups excluding carboxylic acids is 1. The molecule has 5 nitrogen and oxygen atoms in total. The zero-order chi connectivity index (χ0) is 21.7. The van der Waals surface area contributed by atoms with Gasteiger partial charge in [-0.2, -0.15) is 13.2 Å². The van der Waals surface area contributed by atoms with E-state index in [2.05, 4.69) is 10.3 Å². The van der Waals surface area contributed by atoms with Crippen LogP contribution in [0, 0.1) is 6.92 Å². The SMILES string of the molecule is CCOc1ccc(Oc2ccc(C(F)(F)F)cc2NC(=O)c2ccc(C)nc2)cc1. The molecular formula is C22H19F3N2O3. The molecule has 8 heteroatoms. The summed E-state index contributed by atoms with van der Waals surface area (Å²) in [7, 11) is 0. The molecule has 0 aliphatic rings. The molecule has 0 spiro atoms. The molecule has 156 valence electrons. The maximum Gasteiger partial charge on any atom is 0.416 e. The molecule has 3 rings (SSSR count). The lowest BCUT2D eigenvalue weighted by Gasteiger charge is -2.15. The number of aryl methyl sites for hydroxylation is 1. The van der Waals surface area contributed by atoms with Gasteiger partial charge >= 0.3 is 6.18 Å². The molecule has 3 aromatic rings. The van der Waals surface area contributed by atoms with E-state index in [-0.39, 0.29) is 17.0 Å². The van der Waals surface area contributed by atoms with Crippen LogP contribution in [0.3, 0.4) is 0 Å². The minimum absolute atomic E-state index is 0.0700. The van der Waals surface area contributed by atoms with E-state index >= 15 is 0 Å². The van der Waals surface area contributed by atoms with E-state index in [4.69, 9.17) is 9.47 Å². The topological polar surface area (TPSA) is 60.5 Å². The number of pyridine rings is 1. The molecule has 1 N–H and O–H groups in total. The molecule has 0 saturated heterocycles. The number of halogens is 3. The Hall–Kier alpha value is -3.55. The number of amides is 1. The largest absolute Gasteiger partial charge is 0.494 e. The van der Waals surface area contributed by atoms with Crippen LogP contribution in [0.2, 0.25) is 0 Å². The van der Waals surface area contributed by atoms with Crippen molar-refractivity contribution in [3.05, 3.63) is 77.6 Å². The fraction of sp³-hybridized carbons (Fsp3) is 0.182. The summed E-state index contributed by atoms with van der Waals surface area (Å²) in [6.07, 6.45) is -3.21. The fourth-order valence-electron chi connectivity index (χ4n) is 2.59. The number of carbonyl (C=O) groups is 1. The highest BCUT2D eigenvalue weighted by atomic mass is 19.4. The molecule has 0 unspecified atom stereocenters. The summed E-state index contributed by atoms with van der Waals surface area (Å²) in [4.78, 5) is 16.5. The Morgan fingerprint density at radius 1 is 1.03 bits per heavy atom. The van der Waals surface area contributed by atoms with Crippen molar-refractivity contribution < 1.29 is 27.4 Å². The minimum atomic E-state index is -4.57. The number of rotatable bonds is 6. The first-order valence-electron chi connectivity index (χ1n) is 9.12. The van der Waals surface area contributed by atoms with Gasteiger partial charge in [-0.1, -0.05) is 0 Å². The lowest BCUT2D eigenvalue weighted by molar-refractivity contribution is -0.137. The van der Waals surface area contributed by atoms with Crippen LogP contribution >= 0.6 is 0 Å². The molecule has 1 amide bonds. The van der Waals surface area contributed by atoms with Crippen molar-refractivity contribution in [2.24, 2.45) is 0 Å². The van der Waals surface area contributed by atoms with Crippen LogP contribution in [0.15, 0.2) is 60.8 Å². The molecule has 0 aliphatic carbocycles. The van der Waals surface area contributed by atoms with Crippen LogP contribution in [-0.4, -0.2) is 17.5 Å². The molecule has 30 heavy (non-hydrogen) atoms. The van der Waals surface area contributed by atoms with E-state index in [1.165, 1.54) is 18.3 Å². The third kappa shape index (κ3) is 5.28. The van der Waals surface area contributed by atoms with Crippen LogP contribution in [0.25, 0.3) is 0 Å². The van der Waals surface area contributed by atoms with Gasteiger partial charge in [0.25, 0.3) is 5.91 Å². The third-order valence-corrected chi connectivity index (χ3v) is 4.09. The number of anilines is 1. The predicted octanol–water partition coefficient (Wildman–Crippen LogP) is 5.85. The normalized spacial score (nSPS) is 11.1. The van der Waals surface area contributed by atoms with Gasteiger partial charge < -0.3 is 14.8 Å². The second kappa shape index (κ2) is 8.86. The van der Waals surface area contributed by atoms with Crippen LogP contribution in [0.4, 0.5) is 18.9 Å². The van der Waals surface area contributed by atoms with E-state index in [1.54, 1.807) is 37.3 Å². The highest BCUT2D eigenvalue weighted by molar-refractivity contribution is 6.04. The van der Waals surface area contributed by atoms with Crippen molar-refractivity contribution in [2.45, 2.75) is 20.0 Å². The minimum Gasteiger partial charge on any atom is -0.494 e. The summed E-state index contributed by atoms with van der Waals surface area (Å²) in [6, 6.07) is 12.7. The van der Waals surface area contributed by atoms with Crippen molar-refractivity contribution in [3.63, 3.8) is 0 Å². The maximum absolute atomic E-state index is 13.2. The van der Waals surface area contributed by atoms with Crippen LogP contribution in [0.5, 0.6) is 17.2 Å². The Balaban J connectivity index is 1.90. The summed E-state index contributed by atoms with van der Waals surface area (Å²) in [5.41, 5.74) is -0.0849. The van der Waals surface area contributed by atoms with E-state index in [1.807, 2.05) is 6.92 Å². The molecule has 0 fully saturated rings. The predicted molar refractivity (Wildman–Crippen MR) is 106 cm³/mol. The smallest absolute Gasteiger partial charge is 0.416 e. The Morgan fingerprint density at radius 2 is 1.73 bits per heavy atom. The van der Waals surface area contributed by atoms with Gasteiger partial charge in [-0.05, 0) is 68.4 Å². The second-order valence-corrected chi connectivity index (χ2v) is 6.36. The van der Waals surface area contributed by atoms with Gasteiger partial charge in [-0.15, -0.1) is 0 Å². The highest BCUT2D eigenvalue weighted by Gasteiger charge is 2.31. The summed E-state index contributed by atoms with van der Waals surface area (Å²) in [5, 5.41) is 2.48. The molecule has 2 aromatic carbocycles. The highest BCUT2D eigenvalue weighted by Crippen LogP contribution is 2.37. The van der Waals surface area contributed by atoms with Gasteiger partial charge in [-0.25, -0.2) is 0 Å². The first-order chi connectivity index (χ1) is 14.3. The molecule has 0 saturated carbocycles. The molecule has 1 heterocycles. The Kier molecular flexibility index (Phi) is 6.25.